The smallest absolute Gasteiger partial charge is 0.338 e. The summed E-state index contributed by atoms with van der Waals surface area (Å²) in [6.45, 7) is 2.09. The number of pyridine rings is 1. The number of nitrogens with one attached hydrogen (secondary N) is 2. The number of benzene rings is 2. The molecule has 7 nitrogen and oxygen atoms in total. The van der Waals surface area contributed by atoms with Gasteiger partial charge in [0, 0.05) is 29.2 Å². The molecule has 0 aliphatic carbocycles. The average Bonchev–Trinajstić information content (AvgIpc) is 2.75. The van der Waals surface area contributed by atoms with Crippen LogP contribution in [0.2, 0.25) is 0 Å². The van der Waals surface area contributed by atoms with Crippen molar-refractivity contribution in [1.82, 2.24) is 4.98 Å². The maximum Gasteiger partial charge on any atom is 0.338 e. The highest BCUT2D eigenvalue weighted by atomic mass is 16.5. The number of esters is 1. The van der Waals surface area contributed by atoms with Gasteiger partial charge in [-0.05, 0) is 55.5 Å². The molecule has 2 aromatic carbocycles. The topological polar surface area (TPSA) is 89.5 Å². The van der Waals surface area contributed by atoms with Gasteiger partial charge in [0.05, 0.1) is 19.3 Å². The van der Waals surface area contributed by atoms with Crippen LogP contribution < -0.4 is 15.4 Å². The first-order valence-corrected chi connectivity index (χ1v) is 9.04. The predicted octanol–water partition coefficient (Wildman–Crippen LogP) is 4.26. The molecule has 0 unspecified atom stereocenters. The van der Waals surface area contributed by atoms with Gasteiger partial charge in [0.1, 0.15) is 11.6 Å². The van der Waals surface area contributed by atoms with Gasteiger partial charge in [-0.15, -0.1) is 0 Å². The fourth-order valence-electron chi connectivity index (χ4n) is 2.60. The van der Waals surface area contributed by atoms with Crippen LogP contribution in [0.5, 0.6) is 5.75 Å². The number of carbonyl (C=O) groups excluding carboxylic acids is 2. The van der Waals surface area contributed by atoms with Crippen molar-refractivity contribution in [3.63, 3.8) is 0 Å². The van der Waals surface area contributed by atoms with Gasteiger partial charge in [0.15, 0.2) is 0 Å². The first kappa shape index (κ1) is 19.9. The average molecular weight is 391 g/mol. The summed E-state index contributed by atoms with van der Waals surface area (Å²) in [5, 5.41) is 5.95. The van der Waals surface area contributed by atoms with Crippen molar-refractivity contribution in [2.75, 3.05) is 24.4 Å². The molecule has 7 heteroatoms. The van der Waals surface area contributed by atoms with E-state index in [4.69, 9.17) is 9.47 Å². The molecule has 2 N–H and O–H groups in total. The number of hydrogen-bond acceptors (Lipinski definition) is 6. The third kappa shape index (κ3) is 5.32. The number of amides is 1. The number of nitrogens with zero attached hydrogens (tertiary/aromatic N) is 1. The van der Waals surface area contributed by atoms with Crippen LogP contribution in [0.4, 0.5) is 17.2 Å². The van der Waals surface area contributed by atoms with Gasteiger partial charge < -0.3 is 20.1 Å². The Morgan fingerprint density at radius 2 is 1.76 bits per heavy atom. The van der Waals surface area contributed by atoms with Gasteiger partial charge in [-0.1, -0.05) is 6.07 Å². The van der Waals surface area contributed by atoms with Crippen LogP contribution in [0.1, 0.15) is 27.6 Å². The third-order valence-corrected chi connectivity index (χ3v) is 4.02. The molecule has 1 aromatic heterocycles. The van der Waals surface area contributed by atoms with Crippen molar-refractivity contribution in [3.8, 4) is 5.75 Å². The summed E-state index contributed by atoms with van der Waals surface area (Å²) in [5.74, 6) is 0.535. The van der Waals surface area contributed by atoms with E-state index in [9.17, 15) is 9.59 Å². The summed E-state index contributed by atoms with van der Waals surface area (Å²) in [5.41, 5.74) is 2.29. The number of aromatic nitrogens is 1. The zero-order valence-corrected chi connectivity index (χ0v) is 16.1. The molecular weight excluding hydrogens is 370 g/mol. The van der Waals surface area contributed by atoms with Gasteiger partial charge in [0.25, 0.3) is 5.91 Å². The summed E-state index contributed by atoms with van der Waals surface area (Å²) < 4.78 is 10.1. The second-order valence-electron chi connectivity index (χ2n) is 6.04. The molecule has 0 fully saturated rings. The van der Waals surface area contributed by atoms with E-state index in [-0.39, 0.29) is 11.9 Å². The van der Waals surface area contributed by atoms with E-state index < -0.39 is 0 Å². The van der Waals surface area contributed by atoms with Crippen LogP contribution in [0, 0.1) is 0 Å². The lowest BCUT2D eigenvalue weighted by Crippen LogP contribution is -2.12. The van der Waals surface area contributed by atoms with E-state index >= 15 is 0 Å². The number of carbonyl (C=O) groups is 2. The molecule has 0 aliphatic heterocycles. The zero-order chi connectivity index (χ0) is 20.6. The Balaban J connectivity index is 1.69. The third-order valence-electron chi connectivity index (χ3n) is 4.02. The molecule has 0 spiro atoms. The van der Waals surface area contributed by atoms with Crippen LogP contribution in [-0.2, 0) is 4.74 Å². The molecular formula is C22H21N3O4. The monoisotopic (exact) mass is 391 g/mol. The van der Waals surface area contributed by atoms with Gasteiger partial charge in [0.2, 0.25) is 0 Å². The van der Waals surface area contributed by atoms with Crippen molar-refractivity contribution in [2.45, 2.75) is 6.92 Å². The molecule has 0 saturated carbocycles. The Morgan fingerprint density at radius 3 is 2.48 bits per heavy atom. The van der Waals surface area contributed by atoms with E-state index in [2.05, 4.69) is 15.6 Å². The van der Waals surface area contributed by atoms with Crippen LogP contribution >= 0.6 is 0 Å². The highest BCUT2D eigenvalue weighted by molar-refractivity contribution is 6.04. The first-order chi connectivity index (χ1) is 14.1. The summed E-state index contributed by atoms with van der Waals surface area (Å²) in [6.07, 6.45) is 1.55. The molecule has 0 bridgehead atoms. The maximum atomic E-state index is 12.5. The Bertz CT molecular complexity index is 1000. The molecule has 3 aromatic rings. The standard InChI is InChI=1S/C22H21N3O4/c1-3-29-22(27)15-7-9-17(10-8-15)24-20-13-16(11-12-23-20)21(26)25-18-5-4-6-19(14-18)28-2/h4-14H,3H2,1-2H3,(H,23,24)(H,25,26). The molecule has 0 atom stereocenters. The fourth-order valence-corrected chi connectivity index (χ4v) is 2.60. The molecule has 1 heterocycles. The van der Waals surface area contributed by atoms with Crippen LogP contribution in [0.15, 0.2) is 66.9 Å². The second kappa shape index (κ2) is 9.36. The Labute approximate surface area is 168 Å². The first-order valence-electron chi connectivity index (χ1n) is 9.04. The molecule has 0 aliphatic rings. The minimum Gasteiger partial charge on any atom is -0.497 e. The van der Waals surface area contributed by atoms with E-state index in [0.717, 1.165) is 5.69 Å². The zero-order valence-electron chi connectivity index (χ0n) is 16.1. The van der Waals surface area contributed by atoms with Crippen LogP contribution in [0.25, 0.3) is 0 Å². The fraction of sp³-hybridized carbons (Fsp3) is 0.136. The van der Waals surface area contributed by atoms with Crippen molar-refractivity contribution in [3.05, 3.63) is 78.0 Å². The van der Waals surface area contributed by atoms with Gasteiger partial charge in [-0.3, -0.25) is 4.79 Å². The summed E-state index contributed by atoms with van der Waals surface area (Å²) in [6, 6.07) is 17.2. The number of methoxy groups -OCH3 is 1. The number of ether oxygens (including phenoxy) is 2. The molecule has 3 rings (SSSR count). The van der Waals surface area contributed by atoms with E-state index in [1.165, 1.54) is 0 Å². The molecule has 148 valence electrons. The van der Waals surface area contributed by atoms with Crippen molar-refractivity contribution in [2.24, 2.45) is 0 Å². The normalized spacial score (nSPS) is 10.1. The van der Waals surface area contributed by atoms with Crippen LogP contribution in [0.3, 0.4) is 0 Å². The van der Waals surface area contributed by atoms with Crippen LogP contribution in [-0.4, -0.2) is 30.6 Å². The van der Waals surface area contributed by atoms with E-state index in [1.807, 2.05) is 0 Å². The maximum absolute atomic E-state index is 12.5. The second-order valence-corrected chi connectivity index (χ2v) is 6.04. The van der Waals surface area contributed by atoms with E-state index in [0.29, 0.717) is 35.0 Å². The quantitative estimate of drug-likeness (QED) is 0.585. The molecule has 29 heavy (non-hydrogen) atoms. The van der Waals surface area contributed by atoms with Crippen molar-refractivity contribution < 1.29 is 19.1 Å². The Morgan fingerprint density at radius 1 is 0.966 bits per heavy atom. The minimum atomic E-state index is -0.367. The highest BCUT2D eigenvalue weighted by Gasteiger charge is 2.09. The minimum absolute atomic E-state index is 0.263. The predicted molar refractivity (Wildman–Crippen MR) is 111 cm³/mol. The Hall–Kier alpha value is -3.87. The number of hydrogen-bond donors (Lipinski definition) is 2. The Kier molecular flexibility index (Phi) is 6.42. The SMILES string of the molecule is CCOC(=O)c1ccc(Nc2cc(C(=O)Nc3cccc(OC)c3)ccn2)cc1. The largest absolute Gasteiger partial charge is 0.497 e. The highest BCUT2D eigenvalue weighted by Crippen LogP contribution is 2.19. The van der Waals surface area contributed by atoms with Gasteiger partial charge in [-0.2, -0.15) is 0 Å². The van der Waals surface area contributed by atoms with Crippen molar-refractivity contribution >= 4 is 29.1 Å². The van der Waals surface area contributed by atoms with Gasteiger partial charge in [-0.25, -0.2) is 9.78 Å². The lowest BCUT2D eigenvalue weighted by molar-refractivity contribution is 0.0526. The van der Waals surface area contributed by atoms with Gasteiger partial charge >= 0.3 is 5.97 Å². The van der Waals surface area contributed by atoms with Crippen molar-refractivity contribution in [1.29, 1.82) is 0 Å². The number of anilines is 3. The summed E-state index contributed by atoms with van der Waals surface area (Å²) >= 11 is 0. The lowest BCUT2D eigenvalue weighted by atomic mass is 10.2. The van der Waals surface area contributed by atoms with E-state index in [1.54, 1.807) is 80.9 Å². The summed E-state index contributed by atoms with van der Waals surface area (Å²) in [4.78, 5) is 28.5. The number of rotatable bonds is 7. The lowest BCUT2D eigenvalue weighted by Gasteiger charge is -2.10. The molecule has 0 radical (unpaired) electrons. The molecule has 0 saturated heterocycles. The molecule has 1 amide bonds. The summed E-state index contributed by atoms with van der Waals surface area (Å²) in [7, 11) is 1.57.